The molecule has 0 aliphatic heterocycles. The Labute approximate surface area is 118 Å². The first-order valence-electron chi connectivity index (χ1n) is 6.84. The minimum Gasteiger partial charge on any atom is -0.493 e. The Morgan fingerprint density at radius 2 is 1.80 bits per heavy atom. The first-order valence-corrected chi connectivity index (χ1v) is 6.84. The van der Waals surface area contributed by atoms with Crippen LogP contribution in [0.1, 0.15) is 19.3 Å². The quantitative estimate of drug-likeness (QED) is 0.857. The summed E-state index contributed by atoms with van der Waals surface area (Å²) in [6.45, 7) is 0. The monoisotopic (exact) mass is 273 g/mol. The predicted octanol–water partition coefficient (Wildman–Crippen LogP) is 2.64. The lowest BCUT2D eigenvalue weighted by atomic mass is 9.92. The van der Waals surface area contributed by atoms with E-state index in [-0.39, 0.29) is 0 Å². The summed E-state index contributed by atoms with van der Waals surface area (Å²) in [5.41, 5.74) is 0.874. The number of fused-ring (bicyclic) bond motifs is 1. The van der Waals surface area contributed by atoms with E-state index in [1.807, 2.05) is 12.1 Å². The fraction of sp³-hybridized carbons (Fsp3) is 0.467. The second-order valence-electron chi connectivity index (χ2n) is 5.12. The van der Waals surface area contributed by atoms with Crippen LogP contribution in [0.5, 0.6) is 11.5 Å². The molecule has 0 radical (unpaired) electrons. The van der Waals surface area contributed by atoms with Crippen LogP contribution in [-0.2, 0) is 0 Å². The van der Waals surface area contributed by atoms with Crippen molar-refractivity contribution in [1.82, 2.24) is 9.97 Å². The lowest BCUT2D eigenvalue weighted by Crippen LogP contribution is -2.37. The van der Waals surface area contributed by atoms with Crippen molar-refractivity contribution in [3.05, 3.63) is 18.5 Å². The molecular formula is C15H19N3O2. The van der Waals surface area contributed by atoms with E-state index in [1.54, 1.807) is 20.5 Å². The van der Waals surface area contributed by atoms with E-state index < -0.39 is 0 Å². The van der Waals surface area contributed by atoms with Crippen molar-refractivity contribution in [3.63, 3.8) is 0 Å². The number of benzene rings is 1. The van der Waals surface area contributed by atoms with E-state index in [4.69, 9.17) is 9.47 Å². The molecule has 1 aromatic heterocycles. The van der Waals surface area contributed by atoms with Crippen LogP contribution in [0.25, 0.3) is 10.9 Å². The Morgan fingerprint density at radius 3 is 2.40 bits per heavy atom. The van der Waals surface area contributed by atoms with Gasteiger partial charge in [-0.25, -0.2) is 9.97 Å². The standard InChI is InChI=1S/C15H19N3O2/c1-18(10-5-4-6-10)15-11-7-13(19-2)14(20-3)8-12(11)16-9-17-15/h7-10H,4-6H2,1-3H3. The molecule has 1 aliphatic carbocycles. The van der Waals surface area contributed by atoms with Crippen LogP contribution in [0.15, 0.2) is 18.5 Å². The third kappa shape index (κ3) is 2.03. The highest BCUT2D eigenvalue weighted by molar-refractivity contribution is 5.92. The van der Waals surface area contributed by atoms with Gasteiger partial charge in [-0.1, -0.05) is 0 Å². The fourth-order valence-corrected chi connectivity index (χ4v) is 2.60. The number of anilines is 1. The van der Waals surface area contributed by atoms with Gasteiger partial charge >= 0.3 is 0 Å². The highest BCUT2D eigenvalue weighted by Gasteiger charge is 2.24. The van der Waals surface area contributed by atoms with Crippen molar-refractivity contribution in [2.45, 2.75) is 25.3 Å². The number of nitrogens with zero attached hydrogens (tertiary/aromatic N) is 3. The molecule has 5 nitrogen and oxygen atoms in total. The van der Waals surface area contributed by atoms with Gasteiger partial charge in [0.05, 0.1) is 19.7 Å². The minimum atomic E-state index is 0.584. The zero-order valence-corrected chi connectivity index (χ0v) is 12.1. The largest absolute Gasteiger partial charge is 0.493 e. The van der Waals surface area contributed by atoms with Gasteiger partial charge in [-0.3, -0.25) is 0 Å². The molecule has 5 heteroatoms. The van der Waals surface area contributed by atoms with Gasteiger partial charge < -0.3 is 14.4 Å². The van der Waals surface area contributed by atoms with Crippen LogP contribution in [0.3, 0.4) is 0 Å². The fourth-order valence-electron chi connectivity index (χ4n) is 2.60. The molecule has 3 rings (SSSR count). The molecule has 20 heavy (non-hydrogen) atoms. The second kappa shape index (κ2) is 5.15. The number of methoxy groups -OCH3 is 2. The van der Waals surface area contributed by atoms with Crippen molar-refractivity contribution in [2.24, 2.45) is 0 Å². The van der Waals surface area contributed by atoms with Crippen LogP contribution in [0.4, 0.5) is 5.82 Å². The van der Waals surface area contributed by atoms with E-state index >= 15 is 0 Å². The zero-order chi connectivity index (χ0) is 14.1. The highest BCUT2D eigenvalue weighted by Crippen LogP contribution is 2.36. The topological polar surface area (TPSA) is 47.5 Å². The summed E-state index contributed by atoms with van der Waals surface area (Å²) in [5, 5.41) is 1.000. The van der Waals surface area contributed by atoms with Crippen molar-refractivity contribution in [1.29, 1.82) is 0 Å². The maximum absolute atomic E-state index is 5.38. The summed E-state index contributed by atoms with van der Waals surface area (Å²) in [6, 6.07) is 4.44. The summed E-state index contributed by atoms with van der Waals surface area (Å²) < 4.78 is 10.7. The Bertz CT molecular complexity index is 626. The second-order valence-corrected chi connectivity index (χ2v) is 5.12. The molecule has 2 aromatic rings. The van der Waals surface area contributed by atoms with Crippen LogP contribution in [-0.4, -0.2) is 37.3 Å². The maximum atomic E-state index is 5.38. The van der Waals surface area contributed by atoms with Gasteiger partial charge in [-0.05, 0) is 25.3 Å². The summed E-state index contributed by atoms with van der Waals surface area (Å²) in [6.07, 6.45) is 5.37. The molecule has 0 amide bonds. The van der Waals surface area contributed by atoms with E-state index in [1.165, 1.54) is 19.3 Å². The highest BCUT2D eigenvalue weighted by atomic mass is 16.5. The van der Waals surface area contributed by atoms with Crippen LogP contribution in [0, 0.1) is 0 Å². The Balaban J connectivity index is 2.12. The molecule has 1 saturated carbocycles. The van der Waals surface area contributed by atoms with Crippen LogP contribution < -0.4 is 14.4 Å². The van der Waals surface area contributed by atoms with E-state index in [2.05, 4.69) is 21.9 Å². The molecule has 0 unspecified atom stereocenters. The average Bonchev–Trinajstić information content (AvgIpc) is 2.43. The SMILES string of the molecule is COc1cc2ncnc(N(C)C3CCC3)c2cc1OC. The van der Waals surface area contributed by atoms with E-state index in [0.717, 1.165) is 16.7 Å². The molecule has 1 fully saturated rings. The number of hydrogen-bond donors (Lipinski definition) is 0. The Hall–Kier alpha value is -2.04. The van der Waals surface area contributed by atoms with Crippen molar-refractivity contribution in [3.8, 4) is 11.5 Å². The summed E-state index contributed by atoms with van der Waals surface area (Å²) in [4.78, 5) is 11.0. The maximum Gasteiger partial charge on any atom is 0.162 e. The lowest BCUT2D eigenvalue weighted by molar-refractivity contribution is 0.355. The predicted molar refractivity (Wildman–Crippen MR) is 78.7 cm³/mol. The lowest BCUT2D eigenvalue weighted by Gasteiger charge is -2.36. The molecule has 0 N–H and O–H groups in total. The third-order valence-electron chi connectivity index (χ3n) is 4.08. The Morgan fingerprint density at radius 1 is 1.10 bits per heavy atom. The van der Waals surface area contributed by atoms with Gasteiger partial charge in [0.1, 0.15) is 12.1 Å². The molecule has 1 heterocycles. The number of rotatable bonds is 4. The van der Waals surface area contributed by atoms with E-state index in [9.17, 15) is 0 Å². The van der Waals surface area contributed by atoms with Crippen molar-refractivity contribution >= 4 is 16.7 Å². The first kappa shape index (κ1) is 13.0. The van der Waals surface area contributed by atoms with Crippen molar-refractivity contribution in [2.75, 3.05) is 26.2 Å². The van der Waals surface area contributed by atoms with E-state index in [0.29, 0.717) is 17.5 Å². The van der Waals surface area contributed by atoms with Gasteiger partial charge in [0, 0.05) is 24.5 Å². The van der Waals surface area contributed by atoms with Gasteiger partial charge in [0.15, 0.2) is 11.5 Å². The molecule has 1 aliphatic rings. The molecule has 0 bridgehead atoms. The number of aromatic nitrogens is 2. The molecule has 0 saturated heterocycles. The van der Waals surface area contributed by atoms with Crippen LogP contribution in [0.2, 0.25) is 0 Å². The smallest absolute Gasteiger partial charge is 0.162 e. The van der Waals surface area contributed by atoms with Gasteiger partial charge in [0.25, 0.3) is 0 Å². The third-order valence-corrected chi connectivity index (χ3v) is 4.08. The molecule has 0 spiro atoms. The van der Waals surface area contributed by atoms with Crippen molar-refractivity contribution < 1.29 is 9.47 Å². The van der Waals surface area contributed by atoms with Crippen LogP contribution >= 0.6 is 0 Å². The summed E-state index contributed by atoms with van der Waals surface area (Å²) in [5.74, 6) is 2.36. The number of hydrogen-bond acceptors (Lipinski definition) is 5. The minimum absolute atomic E-state index is 0.584. The Kier molecular flexibility index (Phi) is 3.34. The van der Waals surface area contributed by atoms with Gasteiger partial charge in [-0.15, -0.1) is 0 Å². The average molecular weight is 273 g/mol. The molecule has 106 valence electrons. The number of ether oxygens (including phenoxy) is 2. The zero-order valence-electron chi connectivity index (χ0n) is 12.1. The van der Waals surface area contributed by atoms with Gasteiger partial charge in [0.2, 0.25) is 0 Å². The normalized spacial score (nSPS) is 14.9. The summed E-state index contributed by atoms with van der Waals surface area (Å²) in [7, 11) is 5.37. The molecule has 0 atom stereocenters. The molecular weight excluding hydrogens is 254 g/mol. The summed E-state index contributed by atoms with van der Waals surface area (Å²) >= 11 is 0. The first-order chi connectivity index (χ1) is 9.74. The van der Waals surface area contributed by atoms with Gasteiger partial charge in [-0.2, -0.15) is 0 Å². The molecule has 1 aromatic carbocycles.